The Morgan fingerprint density at radius 1 is 1.23 bits per heavy atom. The summed E-state index contributed by atoms with van der Waals surface area (Å²) in [7, 11) is 0. The molecule has 4 aliphatic rings. The summed E-state index contributed by atoms with van der Waals surface area (Å²) in [6.45, 7) is 7.06. The topological polar surface area (TPSA) is 93.1 Å². The van der Waals surface area contributed by atoms with Crippen LogP contribution in [0.5, 0.6) is 0 Å². The number of ether oxygens (including phenoxy) is 2. The van der Waals surface area contributed by atoms with E-state index in [-0.39, 0.29) is 29.3 Å². The number of ketones is 2. The zero-order chi connectivity index (χ0) is 22.6. The summed E-state index contributed by atoms with van der Waals surface area (Å²) in [5.74, 6) is -0.777. The number of hydrogen-bond donors (Lipinski definition) is 2. The third-order valence-electron chi connectivity index (χ3n) is 8.33. The van der Waals surface area contributed by atoms with Crippen molar-refractivity contribution in [1.29, 1.82) is 0 Å². The van der Waals surface area contributed by atoms with Gasteiger partial charge in [-0.2, -0.15) is 0 Å². The van der Waals surface area contributed by atoms with Gasteiger partial charge in [-0.05, 0) is 82.3 Å². The van der Waals surface area contributed by atoms with E-state index in [0.717, 1.165) is 24.8 Å². The minimum atomic E-state index is -1.22. The van der Waals surface area contributed by atoms with Crippen LogP contribution in [0.25, 0.3) is 0 Å². The zero-order valence-corrected chi connectivity index (χ0v) is 19.1. The summed E-state index contributed by atoms with van der Waals surface area (Å²) >= 11 is 0. The molecule has 0 unspecified atom stereocenters. The van der Waals surface area contributed by atoms with Gasteiger partial charge in [0, 0.05) is 5.41 Å². The first kappa shape index (κ1) is 22.8. The second-order valence-electron chi connectivity index (χ2n) is 10.5. The molecule has 0 radical (unpaired) electrons. The Bertz CT molecular complexity index is 813. The predicted octanol–water partition coefficient (Wildman–Crippen LogP) is 3.11. The van der Waals surface area contributed by atoms with Crippen LogP contribution in [0.3, 0.4) is 0 Å². The average Bonchev–Trinajstić information content (AvgIpc) is 3.12. The third-order valence-corrected chi connectivity index (χ3v) is 8.33. The molecule has 3 aliphatic carbocycles. The Kier molecular flexibility index (Phi) is 5.83. The Hall–Kier alpha value is -1.34. The van der Waals surface area contributed by atoms with Crippen molar-refractivity contribution in [3.63, 3.8) is 0 Å². The minimum Gasteiger partial charge on any atom is -0.393 e. The molecule has 6 nitrogen and oxygen atoms in total. The first-order valence-electron chi connectivity index (χ1n) is 11.7. The summed E-state index contributed by atoms with van der Waals surface area (Å²) < 4.78 is 12.5. The molecular weight excluding hydrogens is 396 g/mol. The summed E-state index contributed by atoms with van der Waals surface area (Å²) in [6.07, 6.45) is 8.56. The van der Waals surface area contributed by atoms with Gasteiger partial charge in [-0.1, -0.05) is 25.5 Å². The quantitative estimate of drug-likeness (QED) is 0.649. The van der Waals surface area contributed by atoms with Crippen molar-refractivity contribution in [3.8, 4) is 0 Å². The number of aliphatic hydroxyl groups excluding tert-OH is 2. The van der Waals surface area contributed by atoms with Gasteiger partial charge in [-0.15, -0.1) is 0 Å². The lowest BCUT2D eigenvalue weighted by Gasteiger charge is -2.55. The fourth-order valence-electron chi connectivity index (χ4n) is 7.23. The average molecular weight is 433 g/mol. The number of fused-ring (bicyclic) bond motifs is 5. The van der Waals surface area contributed by atoms with Crippen LogP contribution in [0.2, 0.25) is 0 Å². The van der Waals surface area contributed by atoms with Crippen LogP contribution < -0.4 is 0 Å². The van der Waals surface area contributed by atoms with E-state index < -0.39 is 35.6 Å². The summed E-state index contributed by atoms with van der Waals surface area (Å²) in [5.41, 5.74) is -0.728. The highest BCUT2D eigenvalue weighted by molar-refractivity contribution is 5.99. The Morgan fingerprint density at radius 2 is 1.97 bits per heavy atom. The molecule has 0 spiro atoms. The van der Waals surface area contributed by atoms with Crippen molar-refractivity contribution in [2.24, 2.45) is 23.2 Å². The van der Waals surface area contributed by atoms with Gasteiger partial charge in [0.25, 0.3) is 0 Å². The number of carbonyl (C=O) groups excluding carboxylic acids is 2. The van der Waals surface area contributed by atoms with E-state index in [1.807, 2.05) is 19.9 Å². The minimum absolute atomic E-state index is 0.0114. The van der Waals surface area contributed by atoms with Crippen molar-refractivity contribution in [1.82, 2.24) is 0 Å². The molecule has 0 aromatic rings. The summed E-state index contributed by atoms with van der Waals surface area (Å²) in [5, 5.41) is 21.0. The van der Waals surface area contributed by atoms with Crippen LogP contribution in [0, 0.1) is 23.2 Å². The molecule has 1 saturated heterocycles. The van der Waals surface area contributed by atoms with E-state index >= 15 is 0 Å². The molecule has 2 N–H and O–H groups in total. The molecule has 1 heterocycles. The van der Waals surface area contributed by atoms with Crippen molar-refractivity contribution in [3.05, 3.63) is 23.8 Å². The van der Waals surface area contributed by atoms with Gasteiger partial charge in [-0.3, -0.25) is 9.59 Å². The van der Waals surface area contributed by atoms with E-state index in [0.29, 0.717) is 19.3 Å². The van der Waals surface area contributed by atoms with Gasteiger partial charge in [-0.25, -0.2) is 0 Å². The number of allylic oxidation sites excluding steroid dienone is 4. The van der Waals surface area contributed by atoms with Crippen LogP contribution in [-0.2, 0) is 19.1 Å². The van der Waals surface area contributed by atoms with Crippen molar-refractivity contribution < 1.29 is 29.3 Å². The highest BCUT2D eigenvalue weighted by Gasteiger charge is 2.75. The maximum Gasteiger partial charge on any atom is 0.193 e. The Morgan fingerprint density at radius 3 is 2.65 bits per heavy atom. The Balaban J connectivity index is 1.63. The van der Waals surface area contributed by atoms with Crippen molar-refractivity contribution in [2.75, 3.05) is 6.61 Å². The predicted molar refractivity (Wildman–Crippen MR) is 115 cm³/mol. The molecule has 172 valence electrons. The van der Waals surface area contributed by atoms with Gasteiger partial charge in [0.1, 0.15) is 6.61 Å². The third kappa shape index (κ3) is 3.47. The lowest BCUT2D eigenvalue weighted by Crippen LogP contribution is -2.62. The fourth-order valence-corrected chi connectivity index (χ4v) is 7.23. The van der Waals surface area contributed by atoms with Crippen molar-refractivity contribution >= 4 is 11.6 Å². The number of hydrogen-bond acceptors (Lipinski definition) is 6. The van der Waals surface area contributed by atoms with Crippen molar-refractivity contribution in [2.45, 2.75) is 89.8 Å². The molecule has 7 atom stereocenters. The molecule has 0 amide bonds. The molecule has 1 aliphatic heterocycles. The van der Waals surface area contributed by atoms with E-state index in [4.69, 9.17) is 9.47 Å². The standard InChI is InChI=1S/C25H36O6/c1-5-6-7-16(27)10-15-8-9-17-18(11-15)20(28)13-24(4)19(17)12-22-25(24,21(29)14-26)31-23(2,3)30-22/h6-7,10,17-20,22,26,28H,5,8-9,11-14H2,1-4H3/b7-6-,15-10-/t17-,18-,19+,20+,22-,24+,25-/m1/s1. The normalized spacial score (nSPS) is 44.8. The molecule has 31 heavy (non-hydrogen) atoms. The highest BCUT2D eigenvalue weighted by Crippen LogP contribution is 2.68. The molecule has 4 fully saturated rings. The number of Topliss-reactive ketones (excluding diaryl/α,β-unsaturated/α-hetero) is 1. The van der Waals surface area contributed by atoms with Crippen LogP contribution in [0.4, 0.5) is 0 Å². The molecule has 3 saturated carbocycles. The summed E-state index contributed by atoms with van der Waals surface area (Å²) in [6, 6.07) is 0. The van der Waals surface area contributed by atoms with Gasteiger partial charge in [0.05, 0.1) is 12.2 Å². The second-order valence-corrected chi connectivity index (χ2v) is 10.5. The van der Waals surface area contributed by atoms with E-state index in [1.54, 1.807) is 26.0 Å². The lowest BCUT2D eigenvalue weighted by atomic mass is 9.52. The largest absolute Gasteiger partial charge is 0.393 e. The van der Waals surface area contributed by atoms with Gasteiger partial charge < -0.3 is 19.7 Å². The first-order valence-corrected chi connectivity index (χ1v) is 11.7. The maximum absolute atomic E-state index is 13.1. The summed E-state index contributed by atoms with van der Waals surface area (Å²) in [4.78, 5) is 25.3. The second kappa shape index (κ2) is 7.91. The van der Waals surface area contributed by atoms with E-state index in [9.17, 15) is 19.8 Å². The number of carbonyl (C=O) groups is 2. The van der Waals surface area contributed by atoms with Gasteiger partial charge in [0.2, 0.25) is 0 Å². The fraction of sp³-hybridized carbons (Fsp3) is 0.760. The van der Waals surface area contributed by atoms with Crippen LogP contribution in [-0.4, -0.2) is 52.0 Å². The molecule has 0 bridgehead atoms. The van der Waals surface area contributed by atoms with Gasteiger partial charge in [0.15, 0.2) is 23.0 Å². The van der Waals surface area contributed by atoms with Crippen LogP contribution in [0.1, 0.15) is 66.2 Å². The van der Waals surface area contributed by atoms with E-state index in [2.05, 4.69) is 0 Å². The molecule has 0 aromatic carbocycles. The van der Waals surface area contributed by atoms with Crippen LogP contribution in [0.15, 0.2) is 23.8 Å². The smallest absolute Gasteiger partial charge is 0.193 e. The number of aliphatic hydroxyl groups is 2. The maximum atomic E-state index is 13.1. The zero-order valence-electron chi connectivity index (χ0n) is 19.1. The molecule has 0 aromatic heterocycles. The first-order chi connectivity index (χ1) is 14.6. The lowest BCUT2D eigenvalue weighted by molar-refractivity contribution is -0.221. The highest BCUT2D eigenvalue weighted by atomic mass is 16.8. The number of rotatable bonds is 5. The van der Waals surface area contributed by atoms with E-state index in [1.165, 1.54) is 0 Å². The monoisotopic (exact) mass is 432 g/mol. The SMILES string of the molecule is CC/C=C\C(=O)/C=C1/CC[C@@H]2[C@@H](C1)[C@@H](O)C[C@@]1(C)[C@H]2C[C@H]2OC(C)(C)O[C@]21C(=O)CO. The Labute approximate surface area is 184 Å². The molecular formula is C25H36O6. The molecule has 6 heteroatoms. The van der Waals surface area contributed by atoms with Gasteiger partial charge >= 0.3 is 0 Å². The van der Waals surface area contributed by atoms with Crippen LogP contribution >= 0.6 is 0 Å². The molecule has 4 rings (SSSR count).